The van der Waals surface area contributed by atoms with Crippen LogP contribution in [0.3, 0.4) is 0 Å². The van der Waals surface area contributed by atoms with Gasteiger partial charge in [0.25, 0.3) is 0 Å². The minimum Gasteiger partial charge on any atom is -0.455 e. The van der Waals surface area contributed by atoms with Crippen molar-refractivity contribution in [1.82, 2.24) is 4.98 Å². The predicted octanol–water partition coefficient (Wildman–Crippen LogP) is 4.08. The molecule has 0 aliphatic heterocycles. The average molecular weight is 276 g/mol. The Morgan fingerprint density at radius 1 is 1.00 bits per heavy atom. The zero-order chi connectivity index (χ0) is 14.2. The van der Waals surface area contributed by atoms with Crippen LogP contribution in [0, 0.1) is 0 Å². The van der Waals surface area contributed by atoms with E-state index in [1.165, 1.54) is 10.9 Å². The van der Waals surface area contributed by atoms with Crippen LogP contribution in [0.25, 0.3) is 33.3 Å². The van der Waals surface area contributed by atoms with Crippen LogP contribution < -0.4 is 5.73 Å². The van der Waals surface area contributed by atoms with Crippen molar-refractivity contribution >= 4 is 21.9 Å². The molecule has 0 bridgehead atoms. The fourth-order valence-electron chi connectivity index (χ4n) is 2.92. The van der Waals surface area contributed by atoms with E-state index in [-0.39, 0.29) is 0 Å². The topological polar surface area (TPSA) is 54.9 Å². The van der Waals surface area contributed by atoms with Gasteiger partial charge in [-0.25, -0.2) is 0 Å². The Labute approximate surface area is 122 Å². The molecule has 2 aromatic heterocycles. The summed E-state index contributed by atoms with van der Waals surface area (Å²) in [5.41, 5.74) is 10.1. The molecule has 104 valence electrons. The monoisotopic (exact) mass is 276 g/mol. The molecule has 0 amide bonds. The number of aromatic amines is 1. The second kappa shape index (κ2) is 4.79. The third-order valence-electron chi connectivity index (χ3n) is 3.88. The van der Waals surface area contributed by atoms with Crippen LogP contribution >= 0.6 is 0 Å². The van der Waals surface area contributed by atoms with Gasteiger partial charge >= 0.3 is 0 Å². The highest BCUT2D eigenvalue weighted by Gasteiger charge is 2.15. The van der Waals surface area contributed by atoms with Crippen molar-refractivity contribution in [2.45, 2.75) is 6.42 Å². The molecule has 4 aromatic rings. The van der Waals surface area contributed by atoms with E-state index in [9.17, 15) is 0 Å². The normalized spacial score (nSPS) is 11.5. The van der Waals surface area contributed by atoms with Gasteiger partial charge in [0.1, 0.15) is 5.58 Å². The fraction of sp³-hybridized carbons (Fsp3) is 0.111. The predicted molar refractivity (Wildman–Crippen MR) is 86.3 cm³/mol. The smallest absolute Gasteiger partial charge is 0.151 e. The summed E-state index contributed by atoms with van der Waals surface area (Å²) >= 11 is 0. The van der Waals surface area contributed by atoms with Gasteiger partial charge in [-0.15, -0.1) is 0 Å². The molecule has 0 saturated carbocycles. The molecule has 0 saturated heterocycles. The van der Waals surface area contributed by atoms with E-state index < -0.39 is 0 Å². The maximum atomic E-state index is 6.00. The molecule has 0 spiro atoms. The molecule has 2 aromatic carbocycles. The number of rotatable bonds is 3. The van der Waals surface area contributed by atoms with E-state index in [1.807, 2.05) is 24.3 Å². The highest BCUT2D eigenvalue weighted by Crippen LogP contribution is 2.33. The fourth-order valence-corrected chi connectivity index (χ4v) is 2.92. The molecule has 0 atom stereocenters. The zero-order valence-electron chi connectivity index (χ0n) is 11.6. The quantitative estimate of drug-likeness (QED) is 0.592. The average Bonchev–Trinajstić information content (AvgIpc) is 3.09. The van der Waals surface area contributed by atoms with Crippen molar-refractivity contribution < 1.29 is 4.42 Å². The summed E-state index contributed by atoms with van der Waals surface area (Å²) in [5.74, 6) is 0.871. The Bertz CT molecular complexity index is 884. The van der Waals surface area contributed by atoms with Crippen molar-refractivity contribution in [1.29, 1.82) is 0 Å². The van der Waals surface area contributed by atoms with Crippen molar-refractivity contribution in [2.75, 3.05) is 6.54 Å². The van der Waals surface area contributed by atoms with Crippen LogP contribution in [0.2, 0.25) is 0 Å². The summed E-state index contributed by atoms with van der Waals surface area (Å²) in [6.07, 6.45) is 0.830. The van der Waals surface area contributed by atoms with Gasteiger partial charge in [0.15, 0.2) is 5.76 Å². The van der Waals surface area contributed by atoms with Crippen molar-refractivity contribution in [3.63, 3.8) is 0 Å². The Balaban J connectivity index is 1.98. The maximum absolute atomic E-state index is 6.00. The van der Waals surface area contributed by atoms with Gasteiger partial charge in [-0.2, -0.15) is 0 Å². The standard InChI is InChI=1S/C18H16N2O/c19-10-9-14-13-6-2-3-7-15(13)20-18(14)17-11-12-5-1-4-8-16(12)21-17/h1-8,11,20H,9-10,19H2. The first kappa shape index (κ1) is 12.2. The number of nitrogens with two attached hydrogens (primary N) is 1. The number of hydrogen-bond donors (Lipinski definition) is 2. The highest BCUT2D eigenvalue weighted by atomic mass is 16.3. The molecule has 0 aliphatic carbocycles. The minimum atomic E-state index is 0.620. The van der Waals surface area contributed by atoms with Gasteiger partial charge in [0.2, 0.25) is 0 Å². The molecular formula is C18H16N2O. The van der Waals surface area contributed by atoms with Gasteiger partial charge in [-0.05, 0) is 36.7 Å². The summed E-state index contributed by atoms with van der Waals surface area (Å²) in [7, 11) is 0. The van der Waals surface area contributed by atoms with Gasteiger partial charge < -0.3 is 15.1 Å². The first-order chi connectivity index (χ1) is 10.4. The number of furan rings is 1. The molecule has 4 rings (SSSR count). The Kier molecular flexibility index (Phi) is 2.79. The van der Waals surface area contributed by atoms with E-state index >= 15 is 0 Å². The van der Waals surface area contributed by atoms with E-state index in [0.717, 1.165) is 34.4 Å². The van der Waals surface area contributed by atoms with Crippen LogP contribution in [0.1, 0.15) is 5.56 Å². The molecule has 2 heterocycles. The summed E-state index contributed by atoms with van der Waals surface area (Å²) in [6.45, 7) is 0.620. The first-order valence-electron chi connectivity index (χ1n) is 7.15. The van der Waals surface area contributed by atoms with E-state index in [4.69, 9.17) is 10.2 Å². The first-order valence-corrected chi connectivity index (χ1v) is 7.15. The number of fused-ring (bicyclic) bond motifs is 2. The molecule has 3 nitrogen and oxygen atoms in total. The number of nitrogens with one attached hydrogen (secondary N) is 1. The molecular weight excluding hydrogens is 260 g/mol. The van der Waals surface area contributed by atoms with Crippen LogP contribution in [-0.2, 0) is 6.42 Å². The third kappa shape index (κ3) is 1.94. The molecule has 0 fully saturated rings. The lowest BCUT2D eigenvalue weighted by Crippen LogP contribution is -2.03. The number of aromatic nitrogens is 1. The Morgan fingerprint density at radius 2 is 1.81 bits per heavy atom. The summed E-state index contributed by atoms with van der Waals surface area (Å²) < 4.78 is 6.00. The number of hydrogen-bond acceptors (Lipinski definition) is 2. The minimum absolute atomic E-state index is 0.620. The lowest BCUT2D eigenvalue weighted by molar-refractivity contribution is 0.628. The van der Waals surface area contributed by atoms with Gasteiger partial charge in [-0.1, -0.05) is 36.4 Å². The van der Waals surface area contributed by atoms with E-state index in [0.29, 0.717) is 6.54 Å². The SMILES string of the molecule is NCCc1c(-c2cc3ccccc3o2)[nH]c2ccccc12. The Morgan fingerprint density at radius 3 is 2.67 bits per heavy atom. The lowest BCUT2D eigenvalue weighted by Gasteiger charge is -2.00. The van der Waals surface area contributed by atoms with Gasteiger partial charge in [0.05, 0.1) is 5.69 Å². The van der Waals surface area contributed by atoms with Crippen molar-refractivity contribution in [3.8, 4) is 11.5 Å². The van der Waals surface area contributed by atoms with Crippen LogP contribution in [0.4, 0.5) is 0 Å². The lowest BCUT2D eigenvalue weighted by atomic mass is 10.1. The highest BCUT2D eigenvalue weighted by molar-refractivity contribution is 5.92. The molecule has 3 heteroatoms. The number of para-hydroxylation sites is 2. The summed E-state index contributed by atoms with van der Waals surface area (Å²) in [4.78, 5) is 3.48. The van der Waals surface area contributed by atoms with Gasteiger partial charge in [-0.3, -0.25) is 0 Å². The second-order valence-electron chi connectivity index (χ2n) is 5.21. The van der Waals surface area contributed by atoms with Crippen molar-refractivity contribution in [3.05, 3.63) is 60.2 Å². The molecule has 3 N–H and O–H groups in total. The maximum Gasteiger partial charge on any atom is 0.151 e. The van der Waals surface area contributed by atoms with Crippen LogP contribution in [0.15, 0.2) is 59.0 Å². The van der Waals surface area contributed by atoms with Crippen LogP contribution in [-0.4, -0.2) is 11.5 Å². The van der Waals surface area contributed by atoms with E-state index in [1.54, 1.807) is 0 Å². The molecule has 21 heavy (non-hydrogen) atoms. The second-order valence-corrected chi connectivity index (χ2v) is 5.21. The molecule has 0 unspecified atom stereocenters. The Hall–Kier alpha value is -2.52. The number of H-pyrrole nitrogens is 1. The number of benzene rings is 2. The summed E-state index contributed by atoms with van der Waals surface area (Å²) in [5, 5.41) is 2.34. The molecule has 0 radical (unpaired) electrons. The largest absolute Gasteiger partial charge is 0.455 e. The van der Waals surface area contributed by atoms with Crippen LogP contribution in [0.5, 0.6) is 0 Å². The molecule has 0 aliphatic rings. The third-order valence-corrected chi connectivity index (χ3v) is 3.88. The van der Waals surface area contributed by atoms with Crippen molar-refractivity contribution in [2.24, 2.45) is 5.73 Å². The van der Waals surface area contributed by atoms with E-state index in [2.05, 4.69) is 35.3 Å². The zero-order valence-corrected chi connectivity index (χ0v) is 11.6. The summed E-state index contributed by atoms with van der Waals surface area (Å²) in [6, 6.07) is 18.4. The van der Waals surface area contributed by atoms with Gasteiger partial charge in [0, 0.05) is 16.3 Å².